The first kappa shape index (κ1) is 18.1. The number of hydrogen-bond donors (Lipinski definition) is 0. The van der Waals surface area contributed by atoms with Crippen LogP contribution in [0.4, 0.5) is 0 Å². The van der Waals surface area contributed by atoms with Crippen LogP contribution < -0.4 is 0 Å². The van der Waals surface area contributed by atoms with Crippen molar-refractivity contribution in [1.82, 2.24) is 0 Å². The Morgan fingerprint density at radius 2 is 2.04 bits per heavy atom. The van der Waals surface area contributed by atoms with Crippen LogP contribution in [0.15, 0.2) is 51.6 Å². The quantitative estimate of drug-likeness (QED) is 0.608. The van der Waals surface area contributed by atoms with E-state index in [0.717, 1.165) is 22.5 Å². The number of hydrogen-bond acceptors (Lipinski definition) is 3. The summed E-state index contributed by atoms with van der Waals surface area (Å²) in [6.45, 7) is 6.26. The fourth-order valence-corrected chi connectivity index (χ4v) is 3.62. The second kappa shape index (κ2) is 6.89. The van der Waals surface area contributed by atoms with E-state index in [2.05, 4.69) is 0 Å². The monoisotopic (exact) mass is 378 g/mol. The van der Waals surface area contributed by atoms with Gasteiger partial charge in [-0.3, -0.25) is 4.79 Å². The Kier molecular flexibility index (Phi) is 4.99. The topological polar surface area (TPSA) is 39.4 Å². The van der Waals surface area contributed by atoms with E-state index in [1.807, 2.05) is 51.1 Å². The van der Waals surface area contributed by atoms with Gasteiger partial charge in [0.1, 0.15) is 16.9 Å². The van der Waals surface area contributed by atoms with Gasteiger partial charge in [0, 0.05) is 5.56 Å². The Hall–Kier alpha value is -1.71. The molecule has 0 amide bonds. The number of ether oxygens (including phenoxy) is 1. The largest absolute Gasteiger partial charge is 0.464 e. The van der Waals surface area contributed by atoms with Crippen molar-refractivity contribution in [3.63, 3.8) is 0 Å². The van der Waals surface area contributed by atoms with E-state index in [1.165, 1.54) is 0 Å². The number of halogens is 2. The first-order valence-corrected chi connectivity index (χ1v) is 8.89. The van der Waals surface area contributed by atoms with Crippen molar-refractivity contribution in [3.8, 4) is 11.3 Å². The molecule has 0 aliphatic heterocycles. The van der Waals surface area contributed by atoms with E-state index in [0.29, 0.717) is 0 Å². The number of furan rings is 1. The molecule has 2 aromatic rings. The predicted molar refractivity (Wildman–Crippen MR) is 99.2 cm³/mol. The zero-order chi connectivity index (χ0) is 18.2. The Labute approximate surface area is 157 Å². The minimum absolute atomic E-state index is 0.0144. The summed E-state index contributed by atoms with van der Waals surface area (Å²) in [5.74, 6) is 0.383. The fraction of sp³-hybridized carbons (Fsp3) is 0.350. The van der Waals surface area contributed by atoms with Gasteiger partial charge in [-0.2, -0.15) is 0 Å². The highest BCUT2D eigenvalue weighted by molar-refractivity contribution is 6.55. The molecule has 1 aromatic carbocycles. The van der Waals surface area contributed by atoms with Crippen molar-refractivity contribution in [2.45, 2.75) is 27.4 Å². The van der Waals surface area contributed by atoms with Crippen LogP contribution in [0.5, 0.6) is 0 Å². The molecule has 0 bridgehead atoms. The van der Waals surface area contributed by atoms with Crippen LogP contribution in [-0.2, 0) is 16.1 Å². The van der Waals surface area contributed by atoms with Crippen LogP contribution >= 0.6 is 23.2 Å². The number of esters is 1. The lowest BCUT2D eigenvalue weighted by Crippen LogP contribution is -2.11. The highest BCUT2D eigenvalue weighted by Crippen LogP contribution is 2.60. The van der Waals surface area contributed by atoms with Gasteiger partial charge >= 0.3 is 5.97 Å². The average Bonchev–Trinajstić information content (AvgIpc) is 2.93. The molecular formula is C20H20Cl2O3. The molecule has 1 heterocycles. The molecule has 3 nitrogen and oxygen atoms in total. The van der Waals surface area contributed by atoms with Crippen molar-refractivity contribution in [1.29, 1.82) is 0 Å². The third kappa shape index (κ3) is 3.63. The third-order valence-corrected chi connectivity index (χ3v) is 5.32. The molecule has 0 spiro atoms. The van der Waals surface area contributed by atoms with E-state index >= 15 is 0 Å². The maximum absolute atomic E-state index is 12.5. The highest BCUT2D eigenvalue weighted by Gasteiger charge is 2.61. The highest BCUT2D eigenvalue weighted by atomic mass is 35.5. The van der Waals surface area contributed by atoms with Crippen molar-refractivity contribution >= 4 is 29.2 Å². The van der Waals surface area contributed by atoms with E-state index in [-0.39, 0.29) is 34.3 Å². The Bertz CT molecular complexity index is 802. The molecule has 2 atom stereocenters. The lowest BCUT2D eigenvalue weighted by molar-refractivity contribution is -0.147. The van der Waals surface area contributed by atoms with Crippen LogP contribution in [0.1, 0.15) is 25.0 Å². The van der Waals surface area contributed by atoms with Gasteiger partial charge in [0.25, 0.3) is 0 Å². The molecule has 5 heteroatoms. The first-order chi connectivity index (χ1) is 11.8. The zero-order valence-corrected chi connectivity index (χ0v) is 15.9. The van der Waals surface area contributed by atoms with Crippen molar-refractivity contribution in [2.24, 2.45) is 17.3 Å². The summed E-state index contributed by atoms with van der Waals surface area (Å²) in [6.07, 6.45) is 3.37. The molecule has 3 rings (SSSR count). The van der Waals surface area contributed by atoms with Crippen LogP contribution in [-0.4, -0.2) is 5.97 Å². The van der Waals surface area contributed by atoms with Gasteiger partial charge in [-0.15, -0.1) is 0 Å². The Morgan fingerprint density at radius 1 is 1.28 bits per heavy atom. The summed E-state index contributed by atoms with van der Waals surface area (Å²) in [5.41, 5.74) is 2.82. The lowest BCUT2D eigenvalue weighted by Gasteiger charge is -2.11. The maximum atomic E-state index is 12.5. The summed E-state index contributed by atoms with van der Waals surface area (Å²) in [4.78, 5) is 12.5. The van der Waals surface area contributed by atoms with Crippen molar-refractivity contribution in [3.05, 3.63) is 58.3 Å². The smallest absolute Gasteiger partial charge is 0.310 e. The van der Waals surface area contributed by atoms with Gasteiger partial charge in [-0.25, -0.2) is 0 Å². The fourth-order valence-electron chi connectivity index (χ4n) is 3.35. The van der Waals surface area contributed by atoms with Gasteiger partial charge in [0.15, 0.2) is 0 Å². The molecule has 0 N–H and O–H groups in total. The van der Waals surface area contributed by atoms with Crippen LogP contribution in [0, 0.1) is 24.2 Å². The molecule has 1 aliphatic rings. The molecule has 1 saturated carbocycles. The van der Waals surface area contributed by atoms with E-state index in [9.17, 15) is 4.79 Å². The molecule has 1 aliphatic carbocycles. The number of carbonyl (C=O) groups is 1. The summed E-state index contributed by atoms with van der Waals surface area (Å²) in [5, 5.41) is 0. The zero-order valence-electron chi connectivity index (χ0n) is 14.4. The number of allylic oxidation sites excluding steroid dienone is 1. The first-order valence-electron chi connectivity index (χ1n) is 8.14. The summed E-state index contributed by atoms with van der Waals surface area (Å²) < 4.78 is 11.2. The van der Waals surface area contributed by atoms with Crippen LogP contribution in [0.25, 0.3) is 11.3 Å². The van der Waals surface area contributed by atoms with Gasteiger partial charge in [-0.1, -0.05) is 55.2 Å². The second-order valence-electron chi connectivity index (χ2n) is 6.96. The van der Waals surface area contributed by atoms with Crippen molar-refractivity contribution in [2.75, 3.05) is 0 Å². The van der Waals surface area contributed by atoms with Gasteiger partial charge in [-0.05, 0) is 47.6 Å². The van der Waals surface area contributed by atoms with Crippen LogP contribution in [0.2, 0.25) is 0 Å². The molecule has 1 aromatic heterocycles. The third-order valence-electron chi connectivity index (χ3n) is 5.07. The molecule has 132 valence electrons. The van der Waals surface area contributed by atoms with E-state index < -0.39 is 0 Å². The summed E-state index contributed by atoms with van der Waals surface area (Å²) >= 11 is 11.5. The summed E-state index contributed by atoms with van der Waals surface area (Å²) in [7, 11) is 0. The Morgan fingerprint density at radius 3 is 2.68 bits per heavy atom. The minimum Gasteiger partial charge on any atom is -0.464 e. The lowest BCUT2D eigenvalue weighted by atomic mass is 10.0. The molecular weight excluding hydrogens is 359 g/mol. The predicted octanol–water partition coefficient (Wildman–Crippen LogP) is 5.89. The number of rotatable bonds is 5. The number of benzene rings is 1. The van der Waals surface area contributed by atoms with Crippen LogP contribution in [0.3, 0.4) is 0 Å². The molecule has 0 radical (unpaired) electrons. The summed E-state index contributed by atoms with van der Waals surface area (Å²) in [6, 6.07) is 9.66. The Balaban J connectivity index is 1.70. The normalized spacial score (nSPS) is 20.8. The molecule has 2 unspecified atom stereocenters. The number of carbonyl (C=O) groups excluding carboxylic acids is 1. The SMILES string of the molecule is Cc1c(COC(=O)C2C(C=C(Cl)Cl)C2(C)C)cccc1-c1ccco1. The van der Waals surface area contributed by atoms with Gasteiger partial charge in [0.05, 0.1) is 12.2 Å². The minimum atomic E-state index is -0.219. The second-order valence-corrected chi connectivity index (χ2v) is 7.96. The maximum Gasteiger partial charge on any atom is 0.310 e. The van der Waals surface area contributed by atoms with Crippen molar-refractivity contribution < 1.29 is 13.9 Å². The van der Waals surface area contributed by atoms with E-state index in [4.69, 9.17) is 32.4 Å². The average molecular weight is 379 g/mol. The molecule has 1 fully saturated rings. The standard InChI is InChI=1S/C20H20Cl2O3/c1-12-13(6-4-7-14(12)16-8-5-9-24-16)11-25-19(23)18-15(10-17(21)22)20(18,2)3/h4-10,15,18H,11H2,1-3H3. The van der Waals surface area contributed by atoms with Gasteiger partial charge in [0.2, 0.25) is 0 Å². The van der Waals surface area contributed by atoms with Gasteiger partial charge < -0.3 is 9.15 Å². The van der Waals surface area contributed by atoms with E-state index in [1.54, 1.807) is 12.3 Å². The molecule has 0 saturated heterocycles. The molecule has 25 heavy (non-hydrogen) atoms.